The summed E-state index contributed by atoms with van der Waals surface area (Å²) in [6.45, 7) is 0.511. The lowest BCUT2D eigenvalue weighted by atomic mass is 10.1. The minimum atomic E-state index is -0.449. The molecule has 0 unspecified atom stereocenters. The van der Waals surface area contributed by atoms with Gasteiger partial charge in [-0.1, -0.05) is 12.1 Å². The Morgan fingerprint density at radius 2 is 2.00 bits per heavy atom. The molecular formula is C9H9N3O3. The van der Waals surface area contributed by atoms with Crippen molar-refractivity contribution < 1.29 is 9.72 Å². The highest BCUT2D eigenvalue weighted by molar-refractivity contribution is 5.76. The van der Waals surface area contributed by atoms with E-state index in [1.165, 1.54) is 12.1 Å². The van der Waals surface area contributed by atoms with E-state index in [0.29, 0.717) is 6.54 Å². The van der Waals surface area contributed by atoms with Crippen LogP contribution < -0.4 is 10.6 Å². The second-order valence-corrected chi connectivity index (χ2v) is 3.26. The highest BCUT2D eigenvalue weighted by Gasteiger charge is 2.21. The number of hydrogen-bond acceptors (Lipinski definition) is 3. The SMILES string of the molecule is O=C1NC[C@H](c2ccc([N+](=O)[O-])cc2)N1. The van der Waals surface area contributed by atoms with Crippen LogP contribution in [0.15, 0.2) is 24.3 Å². The van der Waals surface area contributed by atoms with Crippen LogP contribution in [-0.2, 0) is 0 Å². The van der Waals surface area contributed by atoms with Gasteiger partial charge in [0.1, 0.15) is 0 Å². The monoisotopic (exact) mass is 207 g/mol. The maximum atomic E-state index is 10.9. The van der Waals surface area contributed by atoms with Crippen molar-refractivity contribution in [3.63, 3.8) is 0 Å². The Morgan fingerprint density at radius 1 is 1.33 bits per heavy atom. The van der Waals surface area contributed by atoms with Crippen LogP contribution in [0.1, 0.15) is 11.6 Å². The number of urea groups is 1. The fourth-order valence-electron chi connectivity index (χ4n) is 1.48. The molecule has 0 radical (unpaired) electrons. The first kappa shape index (κ1) is 9.45. The first-order valence-corrected chi connectivity index (χ1v) is 4.45. The average molecular weight is 207 g/mol. The van der Waals surface area contributed by atoms with Crippen LogP contribution in [0.2, 0.25) is 0 Å². The molecule has 0 bridgehead atoms. The molecule has 0 aliphatic carbocycles. The summed E-state index contributed by atoms with van der Waals surface area (Å²) < 4.78 is 0. The molecule has 2 amide bonds. The predicted molar refractivity (Wildman–Crippen MR) is 52.4 cm³/mol. The average Bonchev–Trinajstić information content (AvgIpc) is 2.65. The van der Waals surface area contributed by atoms with Gasteiger partial charge in [0.15, 0.2) is 0 Å². The van der Waals surface area contributed by atoms with E-state index in [0.717, 1.165) is 5.56 Å². The van der Waals surface area contributed by atoms with Crippen molar-refractivity contribution in [1.82, 2.24) is 10.6 Å². The Labute approximate surface area is 85.4 Å². The number of nitro groups is 1. The van der Waals surface area contributed by atoms with Crippen LogP contribution in [0, 0.1) is 10.1 Å². The van der Waals surface area contributed by atoms with Crippen molar-refractivity contribution in [2.75, 3.05) is 6.54 Å². The van der Waals surface area contributed by atoms with Crippen molar-refractivity contribution in [3.05, 3.63) is 39.9 Å². The maximum absolute atomic E-state index is 10.9. The topological polar surface area (TPSA) is 84.3 Å². The summed E-state index contributed by atoms with van der Waals surface area (Å²) in [7, 11) is 0. The number of hydrogen-bond donors (Lipinski definition) is 2. The van der Waals surface area contributed by atoms with Gasteiger partial charge in [0, 0.05) is 18.7 Å². The van der Waals surface area contributed by atoms with Crippen molar-refractivity contribution >= 4 is 11.7 Å². The van der Waals surface area contributed by atoms with Gasteiger partial charge in [0.2, 0.25) is 0 Å². The van der Waals surface area contributed by atoms with E-state index in [2.05, 4.69) is 10.6 Å². The fraction of sp³-hybridized carbons (Fsp3) is 0.222. The van der Waals surface area contributed by atoms with E-state index >= 15 is 0 Å². The van der Waals surface area contributed by atoms with E-state index in [1.807, 2.05) is 0 Å². The second kappa shape index (κ2) is 3.56. The third-order valence-electron chi connectivity index (χ3n) is 2.28. The van der Waals surface area contributed by atoms with Crippen LogP contribution >= 0.6 is 0 Å². The molecule has 0 aromatic heterocycles. The molecule has 6 nitrogen and oxygen atoms in total. The summed E-state index contributed by atoms with van der Waals surface area (Å²) in [5, 5.41) is 15.7. The number of rotatable bonds is 2. The summed E-state index contributed by atoms with van der Waals surface area (Å²) in [6.07, 6.45) is 0. The van der Waals surface area contributed by atoms with Crippen molar-refractivity contribution in [2.45, 2.75) is 6.04 Å². The summed E-state index contributed by atoms with van der Waals surface area (Å²) in [4.78, 5) is 20.8. The minimum absolute atomic E-state index is 0.0519. The normalized spacial score (nSPS) is 19.5. The Morgan fingerprint density at radius 3 is 2.47 bits per heavy atom. The predicted octanol–water partition coefficient (Wildman–Crippen LogP) is 0.949. The molecule has 1 aliphatic heterocycles. The third-order valence-corrected chi connectivity index (χ3v) is 2.28. The zero-order valence-corrected chi connectivity index (χ0v) is 7.77. The van der Waals surface area contributed by atoms with Crippen LogP contribution in [-0.4, -0.2) is 17.5 Å². The molecule has 0 spiro atoms. The molecule has 1 fully saturated rings. The summed E-state index contributed by atoms with van der Waals surface area (Å²) in [5.74, 6) is 0. The van der Waals surface area contributed by atoms with Gasteiger partial charge in [-0.3, -0.25) is 10.1 Å². The number of benzene rings is 1. The Balaban J connectivity index is 2.17. The van der Waals surface area contributed by atoms with Gasteiger partial charge < -0.3 is 10.6 Å². The van der Waals surface area contributed by atoms with Crippen molar-refractivity contribution in [1.29, 1.82) is 0 Å². The van der Waals surface area contributed by atoms with Gasteiger partial charge in [0.05, 0.1) is 11.0 Å². The van der Waals surface area contributed by atoms with Crippen LogP contribution in [0.3, 0.4) is 0 Å². The molecule has 15 heavy (non-hydrogen) atoms. The zero-order valence-electron chi connectivity index (χ0n) is 7.77. The third kappa shape index (κ3) is 1.88. The summed E-state index contributed by atoms with van der Waals surface area (Å²) in [5.41, 5.74) is 0.912. The molecule has 1 saturated heterocycles. The molecule has 6 heteroatoms. The largest absolute Gasteiger partial charge is 0.336 e. The molecular weight excluding hydrogens is 198 g/mol. The van der Waals surface area contributed by atoms with E-state index in [-0.39, 0.29) is 17.8 Å². The first-order chi connectivity index (χ1) is 7.16. The highest BCUT2D eigenvalue weighted by atomic mass is 16.6. The second-order valence-electron chi connectivity index (χ2n) is 3.26. The van der Waals surface area contributed by atoms with Gasteiger partial charge in [-0.25, -0.2) is 4.79 Å². The maximum Gasteiger partial charge on any atom is 0.315 e. The highest BCUT2D eigenvalue weighted by Crippen LogP contribution is 2.18. The number of non-ortho nitro benzene ring substituents is 1. The molecule has 2 rings (SSSR count). The van der Waals surface area contributed by atoms with E-state index in [9.17, 15) is 14.9 Å². The van der Waals surface area contributed by atoms with Gasteiger partial charge in [-0.15, -0.1) is 0 Å². The standard InChI is InChI=1S/C9H9N3O3/c13-9-10-5-8(11-9)6-1-3-7(4-2-6)12(14)15/h1-4,8H,5H2,(H2,10,11,13)/t8-/m1/s1. The molecule has 1 atom stereocenters. The molecule has 1 aliphatic rings. The minimum Gasteiger partial charge on any atom is -0.336 e. The van der Waals surface area contributed by atoms with E-state index in [1.54, 1.807) is 12.1 Å². The molecule has 0 saturated carbocycles. The number of carbonyl (C=O) groups is 1. The lowest BCUT2D eigenvalue weighted by molar-refractivity contribution is -0.384. The number of nitro benzene ring substituents is 1. The van der Waals surface area contributed by atoms with Crippen LogP contribution in [0.25, 0.3) is 0 Å². The van der Waals surface area contributed by atoms with Gasteiger partial charge in [0.25, 0.3) is 5.69 Å². The van der Waals surface area contributed by atoms with Crippen LogP contribution in [0.4, 0.5) is 10.5 Å². The van der Waals surface area contributed by atoms with Crippen molar-refractivity contribution in [2.24, 2.45) is 0 Å². The summed E-state index contributed by atoms with van der Waals surface area (Å²) in [6, 6.07) is 5.85. The molecule has 78 valence electrons. The van der Waals surface area contributed by atoms with Gasteiger partial charge in [-0.2, -0.15) is 0 Å². The molecule has 1 aromatic carbocycles. The first-order valence-electron chi connectivity index (χ1n) is 4.45. The number of amides is 2. The summed E-state index contributed by atoms with van der Waals surface area (Å²) >= 11 is 0. The Hall–Kier alpha value is -2.11. The number of carbonyl (C=O) groups excluding carboxylic acids is 1. The Kier molecular flexibility index (Phi) is 2.24. The number of nitrogens with zero attached hydrogens (tertiary/aromatic N) is 1. The van der Waals surface area contributed by atoms with Gasteiger partial charge >= 0.3 is 6.03 Å². The fourth-order valence-corrected chi connectivity index (χ4v) is 1.48. The van der Waals surface area contributed by atoms with E-state index < -0.39 is 4.92 Å². The lowest BCUT2D eigenvalue weighted by Crippen LogP contribution is -2.21. The molecule has 2 N–H and O–H groups in total. The lowest BCUT2D eigenvalue weighted by Gasteiger charge is -2.07. The smallest absolute Gasteiger partial charge is 0.315 e. The van der Waals surface area contributed by atoms with Gasteiger partial charge in [-0.05, 0) is 5.56 Å². The van der Waals surface area contributed by atoms with E-state index in [4.69, 9.17) is 0 Å². The Bertz CT molecular complexity index is 402. The molecule has 1 heterocycles. The van der Waals surface area contributed by atoms with Crippen molar-refractivity contribution in [3.8, 4) is 0 Å². The zero-order chi connectivity index (χ0) is 10.8. The quantitative estimate of drug-likeness (QED) is 0.559. The molecule has 1 aromatic rings. The van der Waals surface area contributed by atoms with Crippen LogP contribution in [0.5, 0.6) is 0 Å². The number of nitrogens with one attached hydrogen (secondary N) is 2.